The number of nitrogens with one attached hydrogen (secondary N) is 1. The molecule has 1 aliphatic rings. The Kier molecular flexibility index (Phi) is 5.48. The zero-order valence-corrected chi connectivity index (χ0v) is 16.1. The highest BCUT2D eigenvalue weighted by molar-refractivity contribution is 8.26. The summed E-state index contributed by atoms with van der Waals surface area (Å²) in [6.07, 6.45) is 1.72. The van der Waals surface area contributed by atoms with Gasteiger partial charge >= 0.3 is 0 Å². The summed E-state index contributed by atoms with van der Waals surface area (Å²) in [6.45, 7) is 1.62. The fraction of sp³-hybridized carbons (Fsp3) is 0.133. The van der Waals surface area contributed by atoms with Crippen LogP contribution >= 0.6 is 46.9 Å². The van der Waals surface area contributed by atoms with Gasteiger partial charge in [-0.25, -0.2) is 0 Å². The van der Waals surface area contributed by atoms with Crippen molar-refractivity contribution in [3.63, 3.8) is 0 Å². The van der Waals surface area contributed by atoms with E-state index in [1.165, 1.54) is 16.2 Å². The van der Waals surface area contributed by atoms with Crippen molar-refractivity contribution in [1.82, 2.24) is 15.1 Å². The third kappa shape index (κ3) is 4.43. The first-order valence-electron chi connectivity index (χ1n) is 7.03. The Balaban J connectivity index is 1.68. The zero-order valence-electron chi connectivity index (χ0n) is 12.9. The van der Waals surface area contributed by atoms with Crippen LogP contribution in [-0.2, 0) is 9.59 Å². The highest BCUT2D eigenvalue weighted by atomic mass is 35.5. The average Bonchev–Trinajstić information content (AvgIpc) is 3.08. The maximum absolute atomic E-state index is 12.5. The summed E-state index contributed by atoms with van der Waals surface area (Å²) in [5.41, 5.74) is 0.832. The van der Waals surface area contributed by atoms with Crippen LogP contribution in [0.5, 0.6) is 0 Å². The molecule has 0 spiro atoms. The van der Waals surface area contributed by atoms with Gasteiger partial charge in [0.15, 0.2) is 0 Å². The molecule has 2 amide bonds. The van der Waals surface area contributed by atoms with Gasteiger partial charge in [-0.2, -0.15) is 0 Å². The predicted molar refractivity (Wildman–Crippen MR) is 105 cm³/mol. The topological polar surface area (TPSA) is 75.2 Å². The lowest BCUT2D eigenvalue weighted by molar-refractivity contribution is -0.126. The summed E-state index contributed by atoms with van der Waals surface area (Å²) in [6, 6.07) is 7.09. The number of nitrogens with zero attached hydrogens (tertiary/aromatic N) is 3. The van der Waals surface area contributed by atoms with E-state index in [4.69, 9.17) is 23.8 Å². The van der Waals surface area contributed by atoms with E-state index in [0.717, 1.165) is 22.3 Å². The number of thioether (sulfide) groups is 1. The van der Waals surface area contributed by atoms with Crippen LogP contribution in [0.2, 0.25) is 5.02 Å². The van der Waals surface area contributed by atoms with Crippen molar-refractivity contribution in [2.45, 2.75) is 6.92 Å². The Labute approximate surface area is 162 Å². The molecular formula is C15H11ClN4O2S3. The SMILES string of the molecule is Cc1nnc(NC(=O)CN2C(=O)C(=Cc3ccc(Cl)cc3)SC2=S)s1. The summed E-state index contributed by atoms with van der Waals surface area (Å²) in [4.78, 5) is 26.3. The van der Waals surface area contributed by atoms with Crippen molar-refractivity contribution in [1.29, 1.82) is 0 Å². The Morgan fingerprint density at radius 1 is 1.36 bits per heavy atom. The van der Waals surface area contributed by atoms with Gasteiger partial charge in [-0.1, -0.05) is 59.1 Å². The highest BCUT2D eigenvalue weighted by Crippen LogP contribution is 2.32. The molecule has 0 atom stereocenters. The van der Waals surface area contributed by atoms with Gasteiger partial charge in [-0.05, 0) is 30.7 Å². The molecule has 1 aromatic carbocycles. The molecule has 0 radical (unpaired) electrons. The van der Waals surface area contributed by atoms with Crippen LogP contribution in [0, 0.1) is 6.92 Å². The molecule has 0 bridgehead atoms. The largest absolute Gasteiger partial charge is 0.299 e. The van der Waals surface area contributed by atoms with Crippen LogP contribution in [0.1, 0.15) is 10.6 Å². The third-order valence-electron chi connectivity index (χ3n) is 3.12. The minimum atomic E-state index is -0.375. The van der Waals surface area contributed by atoms with E-state index < -0.39 is 0 Å². The molecule has 1 saturated heterocycles. The lowest BCUT2D eigenvalue weighted by Gasteiger charge is -2.13. The van der Waals surface area contributed by atoms with E-state index in [-0.39, 0.29) is 18.4 Å². The van der Waals surface area contributed by atoms with Crippen LogP contribution in [0.3, 0.4) is 0 Å². The van der Waals surface area contributed by atoms with Gasteiger partial charge in [0.25, 0.3) is 5.91 Å². The number of rotatable bonds is 4. The van der Waals surface area contributed by atoms with Gasteiger partial charge in [0, 0.05) is 5.02 Å². The first-order valence-corrected chi connectivity index (χ1v) is 9.45. The van der Waals surface area contributed by atoms with Gasteiger partial charge in [0.1, 0.15) is 15.9 Å². The van der Waals surface area contributed by atoms with Crippen LogP contribution in [0.25, 0.3) is 6.08 Å². The molecule has 0 saturated carbocycles. The van der Waals surface area contributed by atoms with Crippen LogP contribution in [0.15, 0.2) is 29.2 Å². The first kappa shape index (κ1) is 18.0. The van der Waals surface area contributed by atoms with Gasteiger partial charge in [0.2, 0.25) is 11.0 Å². The molecule has 0 aliphatic carbocycles. The molecular weight excluding hydrogens is 400 g/mol. The van der Waals surface area contributed by atoms with Crippen molar-refractivity contribution in [3.8, 4) is 0 Å². The predicted octanol–water partition coefficient (Wildman–Crippen LogP) is 3.34. The van der Waals surface area contributed by atoms with Crippen molar-refractivity contribution >= 4 is 74.3 Å². The maximum atomic E-state index is 12.5. The standard InChI is InChI=1S/C15H11ClN4O2S3/c1-8-18-19-14(24-8)17-12(21)7-20-13(22)11(25-15(20)23)6-9-2-4-10(16)5-3-9/h2-6H,7H2,1H3,(H,17,19,21). The fourth-order valence-electron chi connectivity index (χ4n) is 2.00. The molecule has 6 nitrogen and oxygen atoms in total. The number of hydrogen-bond donors (Lipinski definition) is 1. The first-order chi connectivity index (χ1) is 11.9. The number of benzene rings is 1. The molecule has 1 fully saturated rings. The molecule has 25 heavy (non-hydrogen) atoms. The van der Waals surface area contributed by atoms with Gasteiger partial charge in [0.05, 0.1) is 4.91 Å². The molecule has 10 heteroatoms. The van der Waals surface area contributed by atoms with Gasteiger partial charge < -0.3 is 0 Å². The van der Waals surface area contributed by atoms with E-state index in [1.807, 2.05) is 0 Å². The van der Waals surface area contributed by atoms with Crippen molar-refractivity contribution in [3.05, 3.63) is 44.8 Å². The number of thiocarbonyl (C=S) groups is 1. The number of amides is 2. The van der Waals surface area contributed by atoms with E-state index in [9.17, 15) is 9.59 Å². The number of anilines is 1. The second-order valence-corrected chi connectivity index (χ2v) is 8.29. The monoisotopic (exact) mass is 410 g/mol. The molecule has 0 unspecified atom stereocenters. The summed E-state index contributed by atoms with van der Waals surface area (Å²) < 4.78 is 0.341. The van der Waals surface area contributed by atoms with E-state index in [2.05, 4.69) is 15.5 Å². The summed E-state index contributed by atoms with van der Waals surface area (Å²) >= 11 is 13.5. The third-order valence-corrected chi connectivity index (χ3v) is 5.50. The molecule has 3 rings (SSSR count). The number of hydrogen-bond acceptors (Lipinski definition) is 7. The minimum absolute atomic E-state index is 0.165. The Hall–Kier alpha value is -1.81. The van der Waals surface area contributed by atoms with Crippen molar-refractivity contribution in [2.24, 2.45) is 0 Å². The fourth-order valence-corrected chi connectivity index (χ4v) is 3.99. The normalized spacial score (nSPS) is 15.9. The zero-order chi connectivity index (χ0) is 18.0. The highest BCUT2D eigenvalue weighted by Gasteiger charge is 2.33. The Bertz CT molecular complexity index is 879. The Morgan fingerprint density at radius 2 is 2.08 bits per heavy atom. The molecule has 2 aromatic rings. The van der Waals surface area contributed by atoms with E-state index in [1.54, 1.807) is 37.3 Å². The lowest BCUT2D eigenvalue weighted by Crippen LogP contribution is -2.36. The van der Waals surface area contributed by atoms with Gasteiger partial charge in [-0.3, -0.25) is 19.8 Å². The summed E-state index contributed by atoms with van der Waals surface area (Å²) in [5, 5.41) is 12.0. The number of aromatic nitrogens is 2. The minimum Gasteiger partial charge on any atom is -0.299 e. The quantitative estimate of drug-likeness (QED) is 0.615. The van der Waals surface area contributed by atoms with Crippen LogP contribution in [0.4, 0.5) is 5.13 Å². The number of carbonyl (C=O) groups excluding carboxylic acids is 2. The van der Waals surface area contributed by atoms with Crippen molar-refractivity contribution < 1.29 is 9.59 Å². The molecule has 1 N–H and O–H groups in total. The second kappa shape index (κ2) is 7.61. The average molecular weight is 411 g/mol. The maximum Gasteiger partial charge on any atom is 0.266 e. The summed E-state index contributed by atoms with van der Waals surface area (Å²) in [7, 11) is 0. The van der Waals surface area contributed by atoms with E-state index in [0.29, 0.717) is 19.4 Å². The summed E-state index contributed by atoms with van der Waals surface area (Å²) in [5.74, 6) is -0.672. The van der Waals surface area contributed by atoms with E-state index >= 15 is 0 Å². The number of carbonyl (C=O) groups is 2. The molecule has 1 aliphatic heterocycles. The number of halogens is 1. The lowest BCUT2D eigenvalue weighted by atomic mass is 10.2. The van der Waals surface area contributed by atoms with Crippen LogP contribution in [-0.4, -0.2) is 37.8 Å². The second-order valence-electron chi connectivity index (χ2n) is 4.99. The van der Waals surface area contributed by atoms with Gasteiger partial charge in [-0.15, -0.1) is 10.2 Å². The smallest absolute Gasteiger partial charge is 0.266 e. The Morgan fingerprint density at radius 3 is 2.72 bits per heavy atom. The van der Waals surface area contributed by atoms with Crippen molar-refractivity contribution in [2.75, 3.05) is 11.9 Å². The molecule has 128 valence electrons. The van der Waals surface area contributed by atoms with Crippen LogP contribution < -0.4 is 5.32 Å². The number of aryl methyl sites for hydroxylation is 1. The molecule has 2 heterocycles. The molecule has 1 aromatic heterocycles.